The molecular weight excluding hydrogens is 252 g/mol. The summed E-state index contributed by atoms with van der Waals surface area (Å²) in [4.78, 5) is 15.1. The zero-order valence-corrected chi connectivity index (χ0v) is 12.1. The summed E-state index contributed by atoms with van der Waals surface area (Å²) < 4.78 is 5.47. The molecule has 0 saturated heterocycles. The highest BCUT2D eigenvalue weighted by molar-refractivity contribution is 5.97. The smallest absolute Gasteiger partial charge is 0.267 e. The Hall–Kier alpha value is -1.81. The summed E-state index contributed by atoms with van der Waals surface area (Å²) in [6.07, 6.45) is 0.832. The predicted molar refractivity (Wildman–Crippen MR) is 80.9 cm³/mol. The minimum atomic E-state index is -0.0648. The van der Waals surface area contributed by atoms with E-state index in [1.807, 2.05) is 30.3 Å². The highest BCUT2D eigenvalue weighted by atomic mass is 16.5. The van der Waals surface area contributed by atoms with Crippen LogP contribution in [0.15, 0.2) is 30.3 Å². The molecule has 0 fully saturated rings. The Bertz CT molecular complexity index is 527. The van der Waals surface area contributed by atoms with Crippen molar-refractivity contribution >= 4 is 16.8 Å². The molecular formula is C16H22N2O2. The van der Waals surface area contributed by atoms with Crippen LogP contribution < -0.4 is 5.32 Å². The van der Waals surface area contributed by atoms with E-state index in [-0.39, 0.29) is 5.91 Å². The van der Waals surface area contributed by atoms with E-state index >= 15 is 0 Å². The Balaban J connectivity index is 1.74. The van der Waals surface area contributed by atoms with Gasteiger partial charge in [0.05, 0.1) is 0 Å². The molecule has 0 radical (unpaired) electrons. The van der Waals surface area contributed by atoms with Gasteiger partial charge in [-0.05, 0) is 24.5 Å². The Morgan fingerprint density at radius 1 is 1.35 bits per heavy atom. The third-order valence-corrected chi connectivity index (χ3v) is 2.98. The number of aromatic amines is 1. The molecule has 0 bridgehead atoms. The minimum absolute atomic E-state index is 0.0648. The summed E-state index contributed by atoms with van der Waals surface area (Å²) in [7, 11) is 0. The number of carbonyl (C=O) groups is 1. The van der Waals surface area contributed by atoms with Crippen LogP contribution in [-0.2, 0) is 4.74 Å². The molecule has 0 unspecified atom stereocenters. The molecule has 1 aromatic carbocycles. The van der Waals surface area contributed by atoms with E-state index in [9.17, 15) is 4.79 Å². The lowest BCUT2D eigenvalue weighted by molar-refractivity contribution is 0.0921. The molecule has 20 heavy (non-hydrogen) atoms. The molecule has 0 aliphatic carbocycles. The number of ether oxygens (including phenoxy) is 1. The lowest BCUT2D eigenvalue weighted by Gasteiger charge is -2.07. The molecule has 2 rings (SSSR count). The molecule has 2 aromatic rings. The molecule has 1 amide bonds. The largest absolute Gasteiger partial charge is 0.381 e. The van der Waals surface area contributed by atoms with Crippen molar-refractivity contribution in [3.8, 4) is 0 Å². The first kappa shape index (κ1) is 14.6. The van der Waals surface area contributed by atoms with Gasteiger partial charge in [-0.25, -0.2) is 0 Å². The zero-order chi connectivity index (χ0) is 14.4. The van der Waals surface area contributed by atoms with E-state index in [1.165, 1.54) is 0 Å². The number of carbonyl (C=O) groups excluding carboxylic acids is 1. The van der Waals surface area contributed by atoms with Crippen LogP contribution in [-0.4, -0.2) is 30.6 Å². The van der Waals surface area contributed by atoms with Gasteiger partial charge in [-0.15, -0.1) is 0 Å². The second-order valence-corrected chi connectivity index (χ2v) is 5.35. The fraction of sp³-hybridized carbons (Fsp3) is 0.438. The van der Waals surface area contributed by atoms with E-state index in [0.29, 0.717) is 24.8 Å². The van der Waals surface area contributed by atoms with Gasteiger partial charge in [0, 0.05) is 30.7 Å². The average molecular weight is 274 g/mol. The van der Waals surface area contributed by atoms with Gasteiger partial charge >= 0.3 is 0 Å². The number of rotatable bonds is 7. The first-order valence-electron chi connectivity index (χ1n) is 7.10. The molecule has 0 spiro atoms. The van der Waals surface area contributed by atoms with Crippen molar-refractivity contribution < 1.29 is 9.53 Å². The fourth-order valence-electron chi connectivity index (χ4n) is 1.99. The van der Waals surface area contributed by atoms with Crippen molar-refractivity contribution in [1.29, 1.82) is 0 Å². The third kappa shape index (κ3) is 4.10. The number of para-hydroxylation sites is 1. The first-order chi connectivity index (χ1) is 9.66. The number of benzene rings is 1. The maximum absolute atomic E-state index is 12.0. The van der Waals surface area contributed by atoms with Crippen molar-refractivity contribution in [2.75, 3.05) is 19.8 Å². The van der Waals surface area contributed by atoms with Crippen LogP contribution in [0.2, 0.25) is 0 Å². The van der Waals surface area contributed by atoms with Crippen molar-refractivity contribution in [3.63, 3.8) is 0 Å². The van der Waals surface area contributed by atoms with Crippen LogP contribution in [0.1, 0.15) is 30.8 Å². The Kier molecular flexibility index (Phi) is 5.18. The van der Waals surface area contributed by atoms with E-state index in [4.69, 9.17) is 4.74 Å². The third-order valence-electron chi connectivity index (χ3n) is 2.98. The zero-order valence-electron chi connectivity index (χ0n) is 12.1. The lowest BCUT2D eigenvalue weighted by atomic mass is 10.2. The monoisotopic (exact) mass is 274 g/mol. The quantitative estimate of drug-likeness (QED) is 0.763. The molecule has 1 heterocycles. The standard InChI is InChI=1S/C16H22N2O2/c1-12(2)11-20-9-5-8-17-16(19)15-10-13-6-3-4-7-14(13)18-15/h3-4,6-7,10,12,18H,5,8-9,11H2,1-2H3,(H,17,19). The van der Waals surface area contributed by atoms with Gasteiger partial charge in [0.2, 0.25) is 0 Å². The van der Waals surface area contributed by atoms with Crippen LogP contribution in [0.25, 0.3) is 10.9 Å². The van der Waals surface area contributed by atoms with Gasteiger partial charge in [0.25, 0.3) is 5.91 Å². The Morgan fingerprint density at radius 3 is 2.90 bits per heavy atom. The van der Waals surface area contributed by atoms with Crippen molar-refractivity contribution in [3.05, 3.63) is 36.0 Å². The van der Waals surface area contributed by atoms with Crippen molar-refractivity contribution in [2.45, 2.75) is 20.3 Å². The summed E-state index contributed by atoms with van der Waals surface area (Å²) in [6, 6.07) is 9.74. The number of hydrogen-bond donors (Lipinski definition) is 2. The number of fused-ring (bicyclic) bond motifs is 1. The lowest BCUT2D eigenvalue weighted by Crippen LogP contribution is -2.25. The molecule has 0 aliphatic rings. The molecule has 4 nitrogen and oxygen atoms in total. The average Bonchev–Trinajstić information content (AvgIpc) is 2.86. The summed E-state index contributed by atoms with van der Waals surface area (Å²) in [6.45, 7) is 6.34. The topological polar surface area (TPSA) is 54.1 Å². The maximum Gasteiger partial charge on any atom is 0.267 e. The van der Waals surface area contributed by atoms with Crippen molar-refractivity contribution in [2.24, 2.45) is 5.92 Å². The summed E-state index contributed by atoms with van der Waals surface area (Å²) in [5.74, 6) is 0.487. The molecule has 108 valence electrons. The van der Waals surface area contributed by atoms with Gasteiger partial charge in [-0.3, -0.25) is 4.79 Å². The highest BCUT2D eigenvalue weighted by Gasteiger charge is 2.08. The van der Waals surface area contributed by atoms with Crippen LogP contribution >= 0.6 is 0 Å². The summed E-state index contributed by atoms with van der Waals surface area (Å²) in [5.41, 5.74) is 1.59. The number of hydrogen-bond acceptors (Lipinski definition) is 2. The number of amides is 1. The van der Waals surface area contributed by atoms with E-state index in [0.717, 1.165) is 23.9 Å². The molecule has 2 N–H and O–H groups in total. The summed E-state index contributed by atoms with van der Waals surface area (Å²) >= 11 is 0. The normalized spacial score (nSPS) is 11.2. The Labute approximate surface area is 119 Å². The number of H-pyrrole nitrogens is 1. The van der Waals surface area contributed by atoms with Crippen LogP contribution in [0, 0.1) is 5.92 Å². The predicted octanol–water partition coefficient (Wildman–Crippen LogP) is 2.96. The minimum Gasteiger partial charge on any atom is -0.381 e. The van der Waals surface area contributed by atoms with Crippen LogP contribution in [0.4, 0.5) is 0 Å². The maximum atomic E-state index is 12.0. The SMILES string of the molecule is CC(C)COCCCNC(=O)c1cc2ccccc2[nH]1. The van der Waals surface area contributed by atoms with Gasteiger partial charge in [0.1, 0.15) is 5.69 Å². The molecule has 0 saturated carbocycles. The molecule has 0 atom stereocenters. The Morgan fingerprint density at radius 2 is 2.15 bits per heavy atom. The van der Waals surface area contributed by atoms with Crippen molar-refractivity contribution in [1.82, 2.24) is 10.3 Å². The van der Waals surface area contributed by atoms with Gasteiger partial charge in [0.15, 0.2) is 0 Å². The van der Waals surface area contributed by atoms with Crippen LogP contribution in [0.3, 0.4) is 0 Å². The van der Waals surface area contributed by atoms with Gasteiger partial charge < -0.3 is 15.0 Å². The summed E-state index contributed by atoms with van der Waals surface area (Å²) in [5, 5.41) is 3.95. The molecule has 4 heteroatoms. The van der Waals surface area contributed by atoms with Crippen LogP contribution in [0.5, 0.6) is 0 Å². The van der Waals surface area contributed by atoms with E-state index < -0.39 is 0 Å². The van der Waals surface area contributed by atoms with E-state index in [2.05, 4.69) is 24.1 Å². The number of nitrogens with one attached hydrogen (secondary N) is 2. The first-order valence-corrected chi connectivity index (χ1v) is 7.10. The number of aromatic nitrogens is 1. The second kappa shape index (κ2) is 7.10. The highest BCUT2D eigenvalue weighted by Crippen LogP contribution is 2.14. The van der Waals surface area contributed by atoms with E-state index in [1.54, 1.807) is 0 Å². The fourth-order valence-corrected chi connectivity index (χ4v) is 1.99. The molecule has 0 aliphatic heterocycles. The molecule has 1 aromatic heterocycles. The second-order valence-electron chi connectivity index (χ2n) is 5.35. The van der Waals surface area contributed by atoms with Gasteiger partial charge in [-0.1, -0.05) is 32.0 Å². The van der Waals surface area contributed by atoms with Gasteiger partial charge in [-0.2, -0.15) is 0 Å².